The van der Waals surface area contributed by atoms with E-state index in [2.05, 4.69) is 23.7 Å². The molecular formula is C17H27N3O3. The van der Waals surface area contributed by atoms with Crippen LogP contribution in [0.5, 0.6) is 0 Å². The number of anilines is 1. The molecule has 0 radical (unpaired) electrons. The van der Waals surface area contributed by atoms with Gasteiger partial charge in [0.1, 0.15) is 24.3 Å². The molecule has 2 rings (SSSR count). The van der Waals surface area contributed by atoms with Crippen LogP contribution in [0.1, 0.15) is 53.9 Å². The topological polar surface area (TPSA) is 64.4 Å². The summed E-state index contributed by atoms with van der Waals surface area (Å²) in [5.41, 5.74) is -0.789. The Morgan fingerprint density at radius 1 is 1.39 bits per heavy atom. The lowest BCUT2D eigenvalue weighted by Gasteiger charge is -2.29. The molecule has 23 heavy (non-hydrogen) atoms. The first-order valence-electron chi connectivity index (χ1n) is 8.28. The van der Waals surface area contributed by atoms with E-state index in [-0.39, 0.29) is 12.1 Å². The molecule has 6 nitrogen and oxygen atoms in total. The van der Waals surface area contributed by atoms with Gasteiger partial charge in [-0.15, -0.1) is 0 Å². The van der Waals surface area contributed by atoms with Crippen molar-refractivity contribution in [3.8, 4) is 0 Å². The Balaban J connectivity index is 2.15. The molecule has 0 amide bonds. The second-order valence-electron chi connectivity index (χ2n) is 7.20. The van der Waals surface area contributed by atoms with Gasteiger partial charge < -0.3 is 9.64 Å². The van der Waals surface area contributed by atoms with E-state index in [9.17, 15) is 9.59 Å². The van der Waals surface area contributed by atoms with Crippen LogP contribution in [-0.4, -0.2) is 33.2 Å². The standard InChI is InChI=1S/C17H27N3O3/c1-6-13-8-7-12(2)20(13)14-9-15(21)19(11-18-14)10-16(22)23-17(3,4)5/h9,11-13H,6-8,10H2,1-5H3/t12-,13+/m0/s1. The molecule has 0 aromatic carbocycles. The van der Waals surface area contributed by atoms with Gasteiger partial charge in [-0.05, 0) is 47.0 Å². The molecule has 128 valence electrons. The van der Waals surface area contributed by atoms with E-state index >= 15 is 0 Å². The van der Waals surface area contributed by atoms with Gasteiger partial charge in [-0.25, -0.2) is 4.98 Å². The molecule has 0 bridgehead atoms. The number of carbonyl (C=O) groups is 1. The molecule has 0 N–H and O–H groups in total. The van der Waals surface area contributed by atoms with E-state index < -0.39 is 11.6 Å². The summed E-state index contributed by atoms with van der Waals surface area (Å²) in [5, 5.41) is 0. The number of aromatic nitrogens is 2. The van der Waals surface area contributed by atoms with E-state index in [1.165, 1.54) is 17.0 Å². The molecule has 1 fully saturated rings. The van der Waals surface area contributed by atoms with E-state index in [0.29, 0.717) is 17.9 Å². The molecule has 2 heterocycles. The zero-order valence-electron chi connectivity index (χ0n) is 14.7. The molecule has 0 aliphatic carbocycles. The molecule has 0 saturated carbocycles. The molecule has 1 aliphatic rings. The van der Waals surface area contributed by atoms with E-state index in [0.717, 1.165) is 19.3 Å². The highest BCUT2D eigenvalue weighted by atomic mass is 16.6. The smallest absolute Gasteiger partial charge is 0.326 e. The maximum atomic E-state index is 12.3. The summed E-state index contributed by atoms with van der Waals surface area (Å²) in [4.78, 5) is 30.8. The Labute approximate surface area is 137 Å². The number of hydrogen-bond acceptors (Lipinski definition) is 5. The summed E-state index contributed by atoms with van der Waals surface area (Å²) in [6.45, 7) is 9.59. The Morgan fingerprint density at radius 2 is 2.09 bits per heavy atom. The minimum atomic E-state index is -0.562. The molecule has 1 aromatic rings. The largest absolute Gasteiger partial charge is 0.459 e. The molecule has 1 aliphatic heterocycles. The molecule has 1 aromatic heterocycles. The third-order valence-electron chi connectivity index (χ3n) is 4.11. The molecule has 2 atom stereocenters. The lowest BCUT2D eigenvalue weighted by atomic mass is 10.1. The summed E-state index contributed by atoms with van der Waals surface area (Å²) in [5.74, 6) is 0.266. The Hall–Kier alpha value is -1.85. The van der Waals surface area contributed by atoms with Gasteiger partial charge in [-0.3, -0.25) is 14.2 Å². The Kier molecular flexibility index (Phi) is 5.12. The predicted octanol–water partition coefficient (Wildman–Crippen LogP) is 2.35. The maximum absolute atomic E-state index is 12.3. The zero-order valence-corrected chi connectivity index (χ0v) is 14.7. The molecule has 0 unspecified atom stereocenters. The fraction of sp³-hybridized carbons (Fsp3) is 0.706. The van der Waals surface area contributed by atoms with Gasteiger partial charge in [-0.2, -0.15) is 0 Å². The number of nitrogens with zero attached hydrogens (tertiary/aromatic N) is 3. The molecule has 1 saturated heterocycles. The first-order valence-corrected chi connectivity index (χ1v) is 8.28. The van der Waals surface area contributed by atoms with Crippen LogP contribution in [0.3, 0.4) is 0 Å². The van der Waals surface area contributed by atoms with Crippen LogP contribution in [0.25, 0.3) is 0 Å². The van der Waals surface area contributed by atoms with E-state index in [1.54, 1.807) is 20.8 Å². The van der Waals surface area contributed by atoms with Crippen LogP contribution >= 0.6 is 0 Å². The normalized spacial score (nSPS) is 21.5. The maximum Gasteiger partial charge on any atom is 0.326 e. The number of carbonyl (C=O) groups excluding carboxylic acids is 1. The van der Waals surface area contributed by atoms with Gasteiger partial charge in [0.15, 0.2) is 0 Å². The second-order valence-corrected chi connectivity index (χ2v) is 7.20. The third kappa shape index (κ3) is 4.33. The monoisotopic (exact) mass is 321 g/mol. The van der Waals surface area contributed by atoms with Crippen molar-refractivity contribution in [1.82, 2.24) is 9.55 Å². The highest BCUT2D eigenvalue weighted by Gasteiger charge is 2.30. The first-order chi connectivity index (χ1) is 10.7. The lowest BCUT2D eigenvalue weighted by Crippen LogP contribution is -2.37. The number of rotatable bonds is 4. The highest BCUT2D eigenvalue weighted by Crippen LogP contribution is 2.29. The van der Waals surface area contributed by atoms with Crippen molar-refractivity contribution in [3.05, 3.63) is 22.7 Å². The number of hydrogen-bond donors (Lipinski definition) is 0. The van der Waals surface area contributed by atoms with Crippen molar-refractivity contribution in [2.24, 2.45) is 0 Å². The van der Waals surface area contributed by atoms with Crippen molar-refractivity contribution in [2.45, 2.75) is 78.1 Å². The second kappa shape index (κ2) is 6.72. The van der Waals surface area contributed by atoms with Crippen LogP contribution in [0.15, 0.2) is 17.2 Å². The molecule has 6 heteroatoms. The third-order valence-corrected chi connectivity index (χ3v) is 4.11. The number of esters is 1. The van der Waals surface area contributed by atoms with Crippen molar-refractivity contribution in [3.63, 3.8) is 0 Å². The highest BCUT2D eigenvalue weighted by molar-refractivity contribution is 5.69. The van der Waals surface area contributed by atoms with Crippen LogP contribution < -0.4 is 10.5 Å². The van der Waals surface area contributed by atoms with Gasteiger partial charge in [0, 0.05) is 18.2 Å². The van der Waals surface area contributed by atoms with Crippen LogP contribution in [0.4, 0.5) is 5.82 Å². The van der Waals surface area contributed by atoms with Gasteiger partial charge in [0.05, 0.1) is 0 Å². The van der Waals surface area contributed by atoms with Crippen LogP contribution in [-0.2, 0) is 16.1 Å². The average Bonchev–Trinajstić information content (AvgIpc) is 2.80. The minimum absolute atomic E-state index is 0.115. The van der Waals surface area contributed by atoms with Gasteiger partial charge >= 0.3 is 5.97 Å². The van der Waals surface area contributed by atoms with Gasteiger partial charge in [0.25, 0.3) is 5.56 Å². The average molecular weight is 321 g/mol. The zero-order chi connectivity index (χ0) is 17.2. The van der Waals surface area contributed by atoms with Crippen molar-refractivity contribution < 1.29 is 9.53 Å². The summed E-state index contributed by atoms with van der Waals surface area (Å²) in [6.07, 6.45) is 4.72. The molecule has 0 spiro atoms. The van der Waals surface area contributed by atoms with Crippen LogP contribution in [0.2, 0.25) is 0 Å². The minimum Gasteiger partial charge on any atom is -0.459 e. The van der Waals surface area contributed by atoms with Crippen molar-refractivity contribution >= 4 is 11.8 Å². The fourth-order valence-electron chi connectivity index (χ4n) is 3.07. The predicted molar refractivity (Wildman–Crippen MR) is 89.6 cm³/mol. The van der Waals surface area contributed by atoms with Crippen molar-refractivity contribution in [2.75, 3.05) is 4.90 Å². The quantitative estimate of drug-likeness (QED) is 0.797. The summed E-state index contributed by atoms with van der Waals surface area (Å²) in [6, 6.07) is 2.33. The van der Waals surface area contributed by atoms with E-state index in [4.69, 9.17) is 4.74 Å². The summed E-state index contributed by atoms with van der Waals surface area (Å²) >= 11 is 0. The molecular weight excluding hydrogens is 294 g/mol. The Morgan fingerprint density at radius 3 is 2.65 bits per heavy atom. The fourth-order valence-corrected chi connectivity index (χ4v) is 3.07. The lowest BCUT2D eigenvalue weighted by molar-refractivity contribution is -0.155. The first kappa shape index (κ1) is 17.5. The van der Waals surface area contributed by atoms with Crippen molar-refractivity contribution in [1.29, 1.82) is 0 Å². The SMILES string of the molecule is CC[C@@H]1CC[C@H](C)N1c1cc(=O)n(CC(=O)OC(C)(C)C)cn1. The number of ether oxygens (including phenoxy) is 1. The van der Waals surface area contributed by atoms with Gasteiger partial charge in [-0.1, -0.05) is 6.92 Å². The Bertz CT molecular complexity index is 618. The van der Waals surface area contributed by atoms with Gasteiger partial charge in [0.2, 0.25) is 0 Å². The van der Waals surface area contributed by atoms with Crippen LogP contribution in [0, 0.1) is 0 Å². The summed E-state index contributed by atoms with van der Waals surface area (Å²) < 4.78 is 6.53. The summed E-state index contributed by atoms with van der Waals surface area (Å²) in [7, 11) is 0. The van der Waals surface area contributed by atoms with E-state index in [1.807, 2.05) is 0 Å².